The number of benzene rings is 1. The van der Waals surface area contributed by atoms with Crippen molar-refractivity contribution in [3.8, 4) is 0 Å². The molecule has 0 bridgehead atoms. The van der Waals surface area contributed by atoms with Crippen LogP contribution in [0, 0.1) is 0 Å². The smallest absolute Gasteiger partial charge is 0.111 e. The second-order valence-corrected chi connectivity index (χ2v) is 3.65. The summed E-state index contributed by atoms with van der Waals surface area (Å²) in [6, 6.07) is 9.58. The van der Waals surface area contributed by atoms with Crippen LogP contribution < -0.4 is 0 Å². The largest absolute Gasteiger partial charge is 0.381 e. The fourth-order valence-corrected chi connectivity index (χ4v) is 1.48. The summed E-state index contributed by atoms with van der Waals surface area (Å²) in [5, 5.41) is 10.4. The summed E-state index contributed by atoms with van der Waals surface area (Å²) in [4.78, 5) is 0. The van der Waals surface area contributed by atoms with E-state index in [9.17, 15) is 5.11 Å². The highest BCUT2D eigenvalue weighted by molar-refractivity contribution is 5.27. The second-order valence-electron chi connectivity index (χ2n) is 3.65. The Morgan fingerprint density at radius 1 is 1.25 bits per heavy atom. The lowest BCUT2D eigenvalue weighted by Crippen LogP contribution is -2.21. The quantitative estimate of drug-likeness (QED) is 0.586. The van der Waals surface area contributed by atoms with Gasteiger partial charge < -0.3 is 5.11 Å². The number of allylic oxidation sites excluding steroid dienone is 3. The molecule has 1 atom stereocenters. The molecule has 0 radical (unpaired) electrons. The molecule has 84 valence electrons. The predicted molar refractivity (Wildman–Crippen MR) is 69.1 cm³/mol. The Bertz CT molecular complexity index is 376. The molecule has 0 amide bonds. The molecule has 1 aromatic carbocycles. The normalized spacial score (nSPS) is 15.4. The lowest BCUT2D eigenvalue weighted by molar-refractivity contribution is 0.0933. The lowest BCUT2D eigenvalue weighted by Gasteiger charge is -2.23. The summed E-state index contributed by atoms with van der Waals surface area (Å²) in [7, 11) is 0. The molecule has 0 saturated heterocycles. The van der Waals surface area contributed by atoms with Crippen LogP contribution in [0.2, 0.25) is 0 Å². The van der Waals surface area contributed by atoms with E-state index in [1.807, 2.05) is 61.6 Å². The third-order valence-electron chi connectivity index (χ3n) is 2.48. The summed E-state index contributed by atoms with van der Waals surface area (Å²) in [5.74, 6) is 0. The minimum Gasteiger partial charge on any atom is -0.381 e. The summed E-state index contributed by atoms with van der Waals surface area (Å²) in [5.41, 5.74) is -0.102. The van der Waals surface area contributed by atoms with Crippen molar-refractivity contribution in [3.63, 3.8) is 0 Å². The maximum atomic E-state index is 10.4. The van der Waals surface area contributed by atoms with Crippen molar-refractivity contribution >= 4 is 0 Å². The van der Waals surface area contributed by atoms with Crippen LogP contribution in [-0.2, 0) is 5.60 Å². The molecule has 1 rings (SSSR count). The summed E-state index contributed by atoms with van der Waals surface area (Å²) in [6.45, 7) is 5.67. The van der Waals surface area contributed by atoms with Gasteiger partial charge in [0.15, 0.2) is 0 Å². The molecule has 1 nitrogen and oxygen atoms in total. The minimum absolute atomic E-state index is 0.533. The standard InChI is InChI=1S/C15H18O/c1-3-5-6-10-13-15(16,4-2)14-11-8-7-9-12-14/h3-12,16H,2,13H2,1H3. The highest BCUT2D eigenvalue weighted by Gasteiger charge is 2.22. The van der Waals surface area contributed by atoms with E-state index in [0.717, 1.165) is 5.56 Å². The van der Waals surface area contributed by atoms with Crippen molar-refractivity contribution < 1.29 is 5.11 Å². The Balaban J connectivity index is 2.82. The first-order valence-electron chi connectivity index (χ1n) is 5.42. The molecular formula is C15H18O. The van der Waals surface area contributed by atoms with Crippen molar-refractivity contribution in [2.75, 3.05) is 0 Å². The zero-order valence-corrected chi connectivity index (χ0v) is 9.63. The van der Waals surface area contributed by atoms with Gasteiger partial charge in [-0.1, -0.05) is 67.3 Å². The molecule has 1 unspecified atom stereocenters. The van der Waals surface area contributed by atoms with Gasteiger partial charge in [0.05, 0.1) is 0 Å². The third-order valence-corrected chi connectivity index (χ3v) is 2.48. The van der Waals surface area contributed by atoms with E-state index in [0.29, 0.717) is 6.42 Å². The van der Waals surface area contributed by atoms with E-state index in [-0.39, 0.29) is 0 Å². The SMILES string of the molecule is C=CC(O)(CC=CC=CC)c1ccccc1. The monoisotopic (exact) mass is 214 g/mol. The molecule has 1 heteroatoms. The fourth-order valence-electron chi connectivity index (χ4n) is 1.48. The Labute approximate surface area is 97.4 Å². The maximum absolute atomic E-state index is 10.4. The van der Waals surface area contributed by atoms with Crippen LogP contribution >= 0.6 is 0 Å². The van der Waals surface area contributed by atoms with Crippen LogP contribution in [-0.4, -0.2) is 5.11 Å². The van der Waals surface area contributed by atoms with Crippen LogP contribution in [0.15, 0.2) is 67.3 Å². The van der Waals surface area contributed by atoms with Crippen molar-refractivity contribution in [2.45, 2.75) is 18.9 Å². The first kappa shape index (κ1) is 12.5. The maximum Gasteiger partial charge on any atom is 0.111 e. The summed E-state index contributed by atoms with van der Waals surface area (Å²) < 4.78 is 0. The first-order chi connectivity index (χ1) is 7.73. The van der Waals surface area contributed by atoms with E-state index in [1.54, 1.807) is 6.08 Å². The topological polar surface area (TPSA) is 20.2 Å². The predicted octanol–water partition coefficient (Wildman–Crippen LogP) is 3.58. The molecular weight excluding hydrogens is 196 g/mol. The van der Waals surface area contributed by atoms with E-state index >= 15 is 0 Å². The van der Waals surface area contributed by atoms with E-state index in [4.69, 9.17) is 0 Å². The van der Waals surface area contributed by atoms with Crippen LogP contribution in [0.25, 0.3) is 0 Å². The molecule has 0 fully saturated rings. The number of hydrogen-bond donors (Lipinski definition) is 1. The van der Waals surface area contributed by atoms with E-state index < -0.39 is 5.60 Å². The Morgan fingerprint density at radius 3 is 2.50 bits per heavy atom. The minimum atomic E-state index is -0.973. The average Bonchev–Trinajstić information content (AvgIpc) is 2.35. The second kappa shape index (κ2) is 6.09. The van der Waals surface area contributed by atoms with Gasteiger partial charge in [0.1, 0.15) is 5.60 Å². The molecule has 16 heavy (non-hydrogen) atoms. The Kier molecular flexibility index (Phi) is 4.74. The van der Waals surface area contributed by atoms with Crippen molar-refractivity contribution in [1.82, 2.24) is 0 Å². The molecule has 0 spiro atoms. The molecule has 0 aliphatic carbocycles. The molecule has 0 aliphatic rings. The van der Waals surface area contributed by atoms with Gasteiger partial charge in [0.2, 0.25) is 0 Å². The van der Waals surface area contributed by atoms with Crippen LogP contribution in [0.5, 0.6) is 0 Å². The van der Waals surface area contributed by atoms with Crippen molar-refractivity contribution in [1.29, 1.82) is 0 Å². The molecule has 0 saturated carbocycles. The number of hydrogen-bond acceptors (Lipinski definition) is 1. The van der Waals surface area contributed by atoms with Gasteiger partial charge in [0.25, 0.3) is 0 Å². The van der Waals surface area contributed by atoms with Crippen molar-refractivity contribution in [2.24, 2.45) is 0 Å². The van der Waals surface area contributed by atoms with Crippen molar-refractivity contribution in [3.05, 3.63) is 72.9 Å². The van der Waals surface area contributed by atoms with Gasteiger partial charge in [-0.25, -0.2) is 0 Å². The zero-order chi connectivity index (χ0) is 11.9. The number of aliphatic hydroxyl groups is 1. The Hall–Kier alpha value is -1.60. The van der Waals surface area contributed by atoms with Gasteiger partial charge in [-0.05, 0) is 12.5 Å². The van der Waals surface area contributed by atoms with Gasteiger partial charge in [-0.3, -0.25) is 0 Å². The molecule has 1 aromatic rings. The molecule has 0 aliphatic heterocycles. The Morgan fingerprint density at radius 2 is 1.94 bits per heavy atom. The highest BCUT2D eigenvalue weighted by atomic mass is 16.3. The first-order valence-corrected chi connectivity index (χ1v) is 5.42. The molecule has 0 heterocycles. The highest BCUT2D eigenvalue weighted by Crippen LogP contribution is 2.26. The van der Waals surface area contributed by atoms with Crippen LogP contribution in [0.4, 0.5) is 0 Å². The summed E-state index contributed by atoms with van der Waals surface area (Å²) in [6.07, 6.45) is 9.87. The molecule has 1 N–H and O–H groups in total. The van der Waals surface area contributed by atoms with Crippen LogP contribution in [0.1, 0.15) is 18.9 Å². The van der Waals surface area contributed by atoms with Crippen LogP contribution in [0.3, 0.4) is 0 Å². The van der Waals surface area contributed by atoms with Gasteiger partial charge in [0, 0.05) is 6.42 Å². The lowest BCUT2D eigenvalue weighted by atomic mass is 9.90. The fraction of sp³-hybridized carbons (Fsp3) is 0.200. The zero-order valence-electron chi connectivity index (χ0n) is 9.63. The molecule has 0 aromatic heterocycles. The summed E-state index contributed by atoms with van der Waals surface area (Å²) >= 11 is 0. The van der Waals surface area contributed by atoms with Gasteiger partial charge >= 0.3 is 0 Å². The van der Waals surface area contributed by atoms with E-state index in [2.05, 4.69) is 6.58 Å². The third kappa shape index (κ3) is 3.21. The van der Waals surface area contributed by atoms with Gasteiger partial charge in [-0.2, -0.15) is 0 Å². The van der Waals surface area contributed by atoms with E-state index in [1.165, 1.54) is 0 Å². The number of rotatable bonds is 5. The average molecular weight is 214 g/mol. The van der Waals surface area contributed by atoms with Gasteiger partial charge in [-0.15, -0.1) is 0 Å².